The number of rotatable bonds is 4. The lowest BCUT2D eigenvalue weighted by Gasteiger charge is -2.61. The molecule has 3 aromatic rings. The van der Waals surface area contributed by atoms with Gasteiger partial charge in [-0.25, -0.2) is 22.9 Å². The van der Waals surface area contributed by atoms with Crippen LogP contribution in [0.5, 0.6) is 5.88 Å². The van der Waals surface area contributed by atoms with E-state index < -0.39 is 57.7 Å². The van der Waals surface area contributed by atoms with Gasteiger partial charge < -0.3 is 19.3 Å². The smallest absolute Gasteiger partial charge is 0.410 e. The number of nitrogens with one attached hydrogen (secondary N) is 1. The maximum absolute atomic E-state index is 14.6. The number of anilines is 1. The Morgan fingerprint density at radius 3 is 2.31 bits per heavy atom. The molecule has 4 bridgehead atoms. The summed E-state index contributed by atoms with van der Waals surface area (Å²) < 4.78 is 85.2. The molecule has 2 aliphatic carbocycles. The van der Waals surface area contributed by atoms with Gasteiger partial charge in [-0.1, -0.05) is 24.3 Å². The van der Waals surface area contributed by atoms with Gasteiger partial charge in [0.25, 0.3) is 15.9 Å². The Labute approximate surface area is 302 Å². The SMILES string of the molecule is Cc1cccc(C)c1-c1cc2nc(n1)NS(=O)(=O)c1cccc(c1)C(=O)N(C1CC3(C1)CN(C(=O)OC(C)(C)C)C3)[C@H](CC1(C(F)(F)F)CC1)CO2.[HH]. The Hall–Kier alpha value is -4.40. The zero-order valence-corrected chi connectivity index (χ0v) is 30.5. The summed E-state index contributed by atoms with van der Waals surface area (Å²) in [5.74, 6) is -0.934. The van der Waals surface area contributed by atoms with E-state index in [1.807, 2.05) is 32.0 Å². The van der Waals surface area contributed by atoms with Crippen molar-refractivity contribution in [1.29, 1.82) is 0 Å². The monoisotopic (exact) mass is 743 g/mol. The van der Waals surface area contributed by atoms with Crippen molar-refractivity contribution in [3.8, 4) is 17.1 Å². The summed E-state index contributed by atoms with van der Waals surface area (Å²) in [6, 6.07) is 11.1. The van der Waals surface area contributed by atoms with Crippen molar-refractivity contribution >= 4 is 28.0 Å². The number of hydrogen-bond acceptors (Lipinski definition) is 8. The predicted octanol–water partition coefficient (Wildman–Crippen LogP) is 7.14. The molecule has 1 N–H and O–H groups in total. The lowest BCUT2D eigenvalue weighted by molar-refractivity contribution is -0.194. The van der Waals surface area contributed by atoms with E-state index in [4.69, 9.17) is 9.47 Å². The van der Waals surface area contributed by atoms with E-state index in [1.54, 1.807) is 25.7 Å². The highest BCUT2D eigenvalue weighted by Gasteiger charge is 2.65. The molecule has 280 valence electrons. The fraction of sp³-hybridized carbons (Fsp3) is 0.514. The minimum atomic E-state index is -4.50. The van der Waals surface area contributed by atoms with Crippen LogP contribution in [0.4, 0.5) is 23.9 Å². The van der Waals surface area contributed by atoms with Gasteiger partial charge >= 0.3 is 12.3 Å². The molecule has 52 heavy (non-hydrogen) atoms. The van der Waals surface area contributed by atoms with Crippen LogP contribution in [-0.4, -0.2) is 83.7 Å². The number of benzene rings is 2. The Morgan fingerprint density at radius 2 is 1.69 bits per heavy atom. The zero-order valence-electron chi connectivity index (χ0n) is 29.7. The molecule has 0 radical (unpaired) electrons. The van der Waals surface area contributed by atoms with Crippen molar-refractivity contribution in [1.82, 2.24) is 19.8 Å². The molecule has 2 saturated carbocycles. The molecule has 15 heteroatoms. The Balaban J connectivity index is 0.00000481. The van der Waals surface area contributed by atoms with Crippen molar-refractivity contribution in [2.24, 2.45) is 10.8 Å². The minimum absolute atomic E-state index is 0. The molecule has 1 spiro atoms. The first-order valence-corrected chi connectivity index (χ1v) is 18.8. The molecule has 1 saturated heterocycles. The first-order chi connectivity index (χ1) is 24.3. The molecular formula is C37H44F3N5O6S. The van der Waals surface area contributed by atoms with E-state index in [2.05, 4.69) is 14.7 Å². The molecule has 2 aromatic carbocycles. The summed E-state index contributed by atoms with van der Waals surface area (Å²) in [5.41, 5.74) is -0.139. The fourth-order valence-electron chi connectivity index (χ4n) is 7.88. The molecule has 2 aliphatic heterocycles. The van der Waals surface area contributed by atoms with E-state index in [-0.39, 0.29) is 48.6 Å². The van der Waals surface area contributed by atoms with E-state index in [0.717, 1.165) is 16.7 Å². The number of alkyl halides is 3. The van der Waals surface area contributed by atoms with Gasteiger partial charge in [-0.2, -0.15) is 18.2 Å². The summed E-state index contributed by atoms with van der Waals surface area (Å²) in [6.07, 6.45) is -4.58. The second-order valence-corrected chi connectivity index (χ2v) is 17.6. The molecular weight excluding hydrogens is 699 g/mol. The summed E-state index contributed by atoms with van der Waals surface area (Å²) in [5, 5.41) is 0. The Kier molecular flexibility index (Phi) is 8.54. The number of fused-ring (bicyclic) bond motifs is 4. The van der Waals surface area contributed by atoms with E-state index in [1.165, 1.54) is 35.2 Å². The average molecular weight is 744 g/mol. The van der Waals surface area contributed by atoms with Gasteiger partial charge in [-0.3, -0.25) is 4.79 Å². The molecule has 4 aliphatic rings. The molecule has 2 amide bonds. The quantitative estimate of drug-likeness (QED) is 0.299. The second kappa shape index (κ2) is 12.3. The fourth-order valence-corrected chi connectivity index (χ4v) is 8.87. The van der Waals surface area contributed by atoms with Crippen LogP contribution in [0.25, 0.3) is 11.3 Å². The van der Waals surface area contributed by atoms with Crippen LogP contribution < -0.4 is 9.46 Å². The third-order valence-corrected chi connectivity index (χ3v) is 12.0. The summed E-state index contributed by atoms with van der Waals surface area (Å²) >= 11 is 0. The van der Waals surface area contributed by atoms with Gasteiger partial charge in [0.2, 0.25) is 11.8 Å². The number of carbonyl (C=O) groups is 2. The van der Waals surface area contributed by atoms with Crippen LogP contribution in [-0.2, 0) is 14.8 Å². The Bertz CT molecular complexity index is 2020. The maximum Gasteiger partial charge on any atom is 0.410 e. The van der Waals surface area contributed by atoms with E-state index in [9.17, 15) is 31.2 Å². The third kappa shape index (κ3) is 6.79. The lowest BCUT2D eigenvalue weighted by Crippen LogP contribution is -2.69. The number of aryl methyl sites for hydroxylation is 2. The number of amides is 2. The molecule has 0 unspecified atom stereocenters. The van der Waals surface area contributed by atoms with Gasteiger partial charge in [-0.15, -0.1) is 0 Å². The normalized spacial score (nSPS) is 22.1. The van der Waals surface area contributed by atoms with Gasteiger partial charge in [0.15, 0.2) is 0 Å². The van der Waals surface area contributed by atoms with Crippen molar-refractivity contribution in [2.75, 3.05) is 24.4 Å². The molecule has 11 nitrogen and oxygen atoms in total. The van der Waals surface area contributed by atoms with Crippen LogP contribution in [0.1, 0.15) is 75.8 Å². The topological polar surface area (TPSA) is 131 Å². The third-order valence-electron chi connectivity index (χ3n) is 10.6. The molecule has 1 atom stereocenters. The predicted molar refractivity (Wildman–Crippen MR) is 187 cm³/mol. The number of aromatic nitrogens is 2. The number of ether oxygens (including phenoxy) is 2. The Morgan fingerprint density at radius 1 is 1.04 bits per heavy atom. The summed E-state index contributed by atoms with van der Waals surface area (Å²) in [7, 11) is -4.32. The first-order valence-electron chi connectivity index (χ1n) is 17.4. The summed E-state index contributed by atoms with van der Waals surface area (Å²) in [6.45, 7) is 9.59. The molecule has 1 aromatic heterocycles. The summed E-state index contributed by atoms with van der Waals surface area (Å²) in [4.78, 5) is 38.9. The van der Waals surface area contributed by atoms with Crippen LogP contribution in [0, 0.1) is 24.7 Å². The number of carbonyl (C=O) groups excluding carboxylic acids is 2. The number of sulfonamides is 1. The van der Waals surface area contributed by atoms with Gasteiger partial charge in [0, 0.05) is 43.2 Å². The maximum atomic E-state index is 14.6. The van der Waals surface area contributed by atoms with Crippen molar-refractivity contribution in [3.63, 3.8) is 0 Å². The molecule has 3 heterocycles. The molecule has 7 rings (SSSR count). The largest absolute Gasteiger partial charge is 0.475 e. The van der Waals surface area contributed by atoms with Crippen molar-refractivity contribution in [2.45, 2.75) is 95.5 Å². The highest BCUT2D eigenvalue weighted by molar-refractivity contribution is 7.92. The minimum Gasteiger partial charge on any atom is -0.475 e. The van der Waals surface area contributed by atoms with E-state index in [0.29, 0.717) is 31.6 Å². The highest BCUT2D eigenvalue weighted by atomic mass is 32.2. The number of likely N-dealkylation sites (tertiary alicyclic amines) is 1. The first kappa shape index (κ1) is 36.0. The van der Waals surface area contributed by atoms with Crippen LogP contribution in [0.2, 0.25) is 0 Å². The zero-order chi connectivity index (χ0) is 37.4. The number of halogens is 3. The number of hydrogen-bond donors (Lipinski definition) is 1. The molecule has 3 fully saturated rings. The lowest BCUT2D eigenvalue weighted by atomic mass is 9.60. The highest BCUT2D eigenvalue weighted by Crippen LogP contribution is 2.61. The van der Waals surface area contributed by atoms with Crippen molar-refractivity contribution < 1.29 is 42.1 Å². The average Bonchev–Trinajstić information content (AvgIpc) is 3.79. The van der Waals surface area contributed by atoms with Crippen LogP contribution >= 0.6 is 0 Å². The van der Waals surface area contributed by atoms with Gasteiger partial charge in [-0.05, 0) is 96.0 Å². The van der Waals surface area contributed by atoms with Crippen LogP contribution in [0.3, 0.4) is 0 Å². The van der Waals surface area contributed by atoms with Gasteiger partial charge in [0.1, 0.15) is 12.2 Å². The number of nitrogens with zero attached hydrogens (tertiary/aromatic N) is 4. The van der Waals surface area contributed by atoms with E-state index >= 15 is 0 Å². The second-order valence-electron chi connectivity index (χ2n) is 15.9. The standard InChI is InChI=1S/C37H42F3N5O6S.H2/c1-22-8-6-9-23(2)30(22)28-15-29-42-32(41-28)43-52(48,49)27-11-7-10-24(14-27)31(46)45(26(19-50-29)18-36(12-13-36)37(38,39)40)25-16-35(17-25)20-44(21-35)33(47)51-34(3,4)5;/h6-11,14-15,25-26H,12-13,16-21H2,1-5H3,(H,41,42,43);1H/t26-;/m1./s1. The van der Waals surface area contributed by atoms with Crippen LogP contribution in [0.15, 0.2) is 53.4 Å². The van der Waals surface area contributed by atoms with Crippen molar-refractivity contribution in [3.05, 3.63) is 65.2 Å². The van der Waals surface area contributed by atoms with Gasteiger partial charge in [0.05, 0.1) is 22.0 Å².